The predicted octanol–water partition coefficient (Wildman–Crippen LogP) is 4.33. The topological polar surface area (TPSA) is 72.8 Å². The van der Waals surface area contributed by atoms with Crippen LogP contribution in [0.5, 0.6) is 5.88 Å². The molecule has 3 heterocycles. The zero-order valence-electron chi connectivity index (χ0n) is 14.4. The molecule has 1 aliphatic rings. The van der Waals surface area contributed by atoms with Crippen LogP contribution in [0.25, 0.3) is 11.3 Å². The SMILES string of the molecule is CCCCSc1nnc2c(n1)OC(c1ccncc1)Nc1ccccc1-2. The average molecular weight is 365 g/mol. The summed E-state index contributed by atoms with van der Waals surface area (Å²) in [4.78, 5) is 8.71. The number of thioether (sulfide) groups is 1. The van der Waals surface area contributed by atoms with Crippen LogP contribution in [-0.2, 0) is 0 Å². The van der Waals surface area contributed by atoms with Gasteiger partial charge in [-0.1, -0.05) is 43.3 Å². The number of ether oxygens (including phenoxy) is 1. The van der Waals surface area contributed by atoms with Gasteiger partial charge >= 0.3 is 0 Å². The van der Waals surface area contributed by atoms with Gasteiger partial charge < -0.3 is 10.1 Å². The van der Waals surface area contributed by atoms with Crippen LogP contribution in [0.3, 0.4) is 0 Å². The summed E-state index contributed by atoms with van der Waals surface area (Å²) in [5.74, 6) is 1.47. The first-order chi connectivity index (χ1) is 12.8. The van der Waals surface area contributed by atoms with Crippen molar-refractivity contribution >= 4 is 17.4 Å². The zero-order chi connectivity index (χ0) is 17.8. The van der Waals surface area contributed by atoms with E-state index in [1.165, 1.54) is 0 Å². The Balaban J connectivity index is 1.74. The minimum absolute atomic E-state index is 0.370. The normalized spacial score (nSPS) is 15.2. The molecular weight excluding hydrogens is 346 g/mol. The van der Waals surface area contributed by atoms with E-state index in [2.05, 4.69) is 32.4 Å². The summed E-state index contributed by atoms with van der Waals surface area (Å²) in [6.07, 6.45) is 5.40. The van der Waals surface area contributed by atoms with Gasteiger partial charge in [-0.2, -0.15) is 4.98 Å². The number of aromatic nitrogens is 4. The lowest BCUT2D eigenvalue weighted by atomic mass is 10.1. The smallest absolute Gasteiger partial charge is 0.247 e. The number of anilines is 1. The Kier molecular flexibility index (Phi) is 4.97. The van der Waals surface area contributed by atoms with Crippen molar-refractivity contribution in [3.63, 3.8) is 0 Å². The van der Waals surface area contributed by atoms with Gasteiger partial charge in [0.25, 0.3) is 0 Å². The van der Waals surface area contributed by atoms with E-state index in [1.54, 1.807) is 24.2 Å². The van der Waals surface area contributed by atoms with Crippen molar-refractivity contribution in [3.8, 4) is 17.1 Å². The predicted molar refractivity (Wildman–Crippen MR) is 102 cm³/mol. The first-order valence-corrected chi connectivity index (χ1v) is 9.63. The van der Waals surface area contributed by atoms with E-state index in [0.29, 0.717) is 16.7 Å². The van der Waals surface area contributed by atoms with Crippen LogP contribution in [0.15, 0.2) is 53.9 Å². The Morgan fingerprint density at radius 2 is 1.96 bits per heavy atom. The quantitative estimate of drug-likeness (QED) is 0.533. The molecule has 1 aliphatic heterocycles. The number of unbranched alkanes of at least 4 members (excludes halogenated alkanes) is 1. The minimum Gasteiger partial charge on any atom is -0.448 e. The van der Waals surface area contributed by atoms with E-state index in [0.717, 1.165) is 35.4 Å². The fourth-order valence-corrected chi connectivity index (χ4v) is 3.57. The minimum atomic E-state index is -0.370. The van der Waals surface area contributed by atoms with E-state index in [1.807, 2.05) is 36.4 Å². The monoisotopic (exact) mass is 365 g/mol. The molecule has 0 fully saturated rings. The standard InChI is InChI=1S/C19H19N5OS/c1-2-3-12-26-19-22-18-16(23-24-19)14-6-4-5-7-15(14)21-17(25-18)13-8-10-20-11-9-13/h4-11,17,21H,2-3,12H2,1H3. The Bertz CT molecular complexity index is 890. The molecule has 0 saturated heterocycles. The van der Waals surface area contributed by atoms with E-state index >= 15 is 0 Å². The van der Waals surface area contributed by atoms with Gasteiger partial charge in [0, 0.05) is 35.0 Å². The number of nitrogens with one attached hydrogen (secondary N) is 1. The van der Waals surface area contributed by atoms with Crippen LogP contribution in [0.2, 0.25) is 0 Å². The molecule has 0 spiro atoms. The molecular formula is C19H19N5OS. The molecule has 2 aromatic heterocycles. The van der Waals surface area contributed by atoms with Crippen molar-refractivity contribution < 1.29 is 4.74 Å². The van der Waals surface area contributed by atoms with Gasteiger partial charge in [-0.3, -0.25) is 4.98 Å². The number of benzene rings is 1. The third-order valence-electron chi connectivity index (χ3n) is 4.07. The molecule has 4 rings (SSSR count). The molecule has 132 valence electrons. The van der Waals surface area contributed by atoms with E-state index < -0.39 is 0 Å². The highest BCUT2D eigenvalue weighted by Gasteiger charge is 2.25. The third kappa shape index (κ3) is 3.48. The van der Waals surface area contributed by atoms with Crippen molar-refractivity contribution in [2.45, 2.75) is 31.1 Å². The largest absolute Gasteiger partial charge is 0.448 e. The second-order valence-electron chi connectivity index (χ2n) is 5.92. The molecule has 1 N–H and O–H groups in total. The van der Waals surface area contributed by atoms with E-state index in [9.17, 15) is 0 Å². The fraction of sp³-hybridized carbons (Fsp3) is 0.263. The lowest BCUT2D eigenvalue weighted by Gasteiger charge is -2.19. The van der Waals surface area contributed by atoms with Crippen LogP contribution in [-0.4, -0.2) is 25.9 Å². The fourth-order valence-electron chi connectivity index (χ4n) is 2.71. The number of rotatable bonds is 5. The lowest BCUT2D eigenvalue weighted by molar-refractivity contribution is 0.225. The molecule has 0 radical (unpaired) electrons. The van der Waals surface area contributed by atoms with Gasteiger partial charge in [0.1, 0.15) is 0 Å². The van der Waals surface area contributed by atoms with Gasteiger partial charge in [-0.15, -0.1) is 10.2 Å². The number of fused-ring (bicyclic) bond motifs is 3. The maximum atomic E-state index is 6.21. The van der Waals surface area contributed by atoms with Gasteiger partial charge in [0.15, 0.2) is 11.9 Å². The Morgan fingerprint density at radius 1 is 1.12 bits per heavy atom. The molecule has 0 amide bonds. The average Bonchev–Trinajstić information content (AvgIpc) is 2.85. The van der Waals surface area contributed by atoms with Crippen molar-refractivity contribution in [1.82, 2.24) is 20.2 Å². The molecule has 26 heavy (non-hydrogen) atoms. The summed E-state index contributed by atoms with van der Waals surface area (Å²) in [6, 6.07) is 11.8. The summed E-state index contributed by atoms with van der Waals surface area (Å²) in [5.41, 5.74) is 3.51. The van der Waals surface area contributed by atoms with E-state index in [-0.39, 0.29) is 6.23 Å². The van der Waals surface area contributed by atoms with Crippen molar-refractivity contribution in [3.05, 3.63) is 54.4 Å². The third-order valence-corrected chi connectivity index (χ3v) is 5.00. The molecule has 0 aliphatic carbocycles. The summed E-state index contributed by atoms with van der Waals surface area (Å²) in [6.45, 7) is 2.17. The Hall–Kier alpha value is -2.67. The van der Waals surface area contributed by atoms with Crippen LogP contribution < -0.4 is 10.1 Å². The molecule has 1 unspecified atom stereocenters. The maximum Gasteiger partial charge on any atom is 0.247 e. The Labute approximate surface area is 156 Å². The number of nitrogens with zero attached hydrogens (tertiary/aromatic N) is 4. The highest BCUT2D eigenvalue weighted by molar-refractivity contribution is 7.99. The van der Waals surface area contributed by atoms with Crippen LogP contribution >= 0.6 is 11.8 Å². The summed E-state index contributed by atoms with van der Waals surface area (Å²) >= 11 is 1.61. The number of hydrogen-bond acceptors (Lipinski definition) is 7. The molecule has 1 atom stereocenters. The first kappa shape index (κ1) is 16.8. The molecule has 1 aromatic carbocycles. The van der Waals surface area contributed by atoms with Gasteiger partial charge in [0.05, 0.1) is 0 Å². The number of hydrogen-bond donors (Lipinski definition) is 1. The number of pyridine rings is 1. The first-order valence-electron chi connectivity index (χ1n) is 8.65. The second-order valence-corrected chi connectivity index (χ2v) is 6.98. The molecule has 0 saturated carbocycles. The van der Waals surface area contributed by atoms with E-state index in [4.69, 9.17) is 4.74 Å². The summed E-state index contributed by atoms with van der Waals surface area (Å²) in [7, 11) is 0. The molecule has 0 bridgehead atoms. The van der Waals surface area contributed by atoms with Crippen LogP contribution in [0, 0.1) is 0 Å². The Morgan fingerprint density at radius 3 is 2.81 bits per heavy atom. The van der Waals surface area contributed by atoms with Crippen molar-refractivity contribution in [2.24, 2.45) is 0 Å². The highest BCUT2D eigenvalue weighted by atomic mass is 32.2. The number of para-hydroxylation sites is 1. The summed E-state index contributed by atoms with van der Waals surface area (Å²) in [5, 5.41) is 12.8. The molecule has 6 nitrogen and oxygen atoms in total. The molecule has 3 aromatic rings. The maximum absolute atomic E-state index is 6.21. The van der Waals surface area contributed by atoms with Crippen molar-refractivity contribution in [2.75, 3.05) is 11.1 Å². The second kappa shape index (κ2) is 7.70. The highest BCUT2D eigenvalue weighted by Crippen LogP contribution is 2.39. The van der Waals surface area contributed by atoms with Crippen LogP contribution in [0.4, 0.5) is 5.69 Å². The van der Waals surface area contributed by atoms with Gasteiger partial charge in [-0.25, -0.2) is 0 Å². The molecule has 7 heteroatoms. The van der Waals surface area contributed by atoms with Crippen LogP contribution in [0.1, 0.15) is 31.6 Å². The van der Waals surface area contributed by atoms with Gasteiger partial charge in [0.2, 0.25) is 11.0 Å². The van der Waals surface area contributed by atoms with Gasteiger partial charge in [-0.05, 0) is 24.6 Å². The summed E-state index contributed by atoms with van der Waals surface area (Å²) < 4.78 is 6.21. The lowest BCUT2D eigenvalue weighted by Crippen LogP contribution is -2.17. The zero-order valence-corrected chi connectivity index (χ0v) is 15.2. The van der Waals surface area contributed by atoms with Crippen molar-refractivity contribution in [1.29, 1.82) is 0 Å².